The quantitative estimate of drug-likeness (QED) is 0.174. The smallest absolute Gasteiger partial charge is 0.227 e. The van der Waals surface area contributed by atoms with Crippen LogP contribution < -0.4 is 0 Å². The Hall–Kier alpha value is -7.24. The summed E-state index contributed by atoms with van der Waals surface area (Å²) in [7, 11) is 0. The lowest BCUT2D eigenvalue weighted by Gasteiger charge is -2.12. The Labute approximate surface area is 303 Å². The van der Waals surface area contributed by atoms with Crippen LogP contribution in [0, 0.1) is 0 Å². The maximum atomic E-state index is 6.58. The summed E-state index contributed by atoms with van der Waals surface area (Å²) >= 11 is 0. The normalized spacial score (nSPS) is 11.8. The highest BCUT2D eigenvalue weighted by Crippen LogP contribution is 2.39. The Kier molecular flexibility index (Phi) is 6.48. The molecule has 53 heavy (non-hydrogen) atoms. The summed E-state index contributed by atoms with van der Waals surface area (Å²) < 4.78 is 6.58. The summed E-state index contributed by atoms with van der Waals surface area (Å²) in [4.78, 5) is 20.2. The molecule has 11 aromatic rings. The number of aromatic nitrogens is 4. The topological polar surface area (TPSA) is 64.7 Å². The first kappa shape index (κ1) is 29.5. The molecule has 0 radical (unpaired) electrons. The monoisotopic (exact) mass is 676 g/mol. The van der Waals surface area contributed by atoms with Crippen molar-refractivity contribution in [3.63, 3.8) is 0 Å². The van der Waals surface area contributed by atoms with E-state index >= 15 is 0 Å². The van der Waals surface area contributed by atoms with E-state index in [0.717, 1.165) is 71.1 Å². The molecule has 9 aromatic carbocycles. The molecular weight excluding hydrogens is 649 g/mol. The van der Waals surface area contributed by atoms with Crippen molar-refractivity contribution < 1.29 is 4.42 Å². The van der Waals surface area contributed by atoms with Gasteiger partial charge in [-0.2, -0.15) is 0 Å². The predicted molar refractivity (Wildman–Crippen MR) is 217 cm³/mol. The molecule has 0 saturated heterocycles. The van der Waals surface area contributed by atoms with Crippen LogP contribution >= 0.6 is 0 Å². The zero-order valence-corrected chi connectivity index (χ0v) is 28.4. The van der Waals surface area contributed by atoms with Gasteiger partial charge in [0.2, 0.25) is 5.89 Å². The Morgan fingerprint density at radius 2 is 0.849 bits per heavy atom. The van der Waals surface area contributed by atoms with Crippen molar-refractivity contribution >= 4 is 65.0 Å². The number of nitrogens with zero attached hydrogens (tertiary/aromatic N) is 4. The number of hydrogen-bond acceptors (Lipinski definition) is 5. The highest BCUT2D eigenvalue weighted by Gasteiger charge is 2.17. The summed E-state index contributed by atoms with van der Waals surface area (Å²) in [5.41, 5.74) is 5.34. The van der Waals surface area contributed by atoms with Crippen molar-refractivity contribution in [1.29, 1.82) is 0 Å². The third-order valence-corrected chi connectivity index (χ3v) is 10.3. The SMILES string of the molecule is c1ccc(-c2nc(-c3ccc4c(ccc5ccccc54)c3)nc(-c3ccc4ccc5ccc6ccc7nc(-c8ccccc8)oc7c6c5c4c3)n2)cc1. The second-order valence-electron chi connectivity index (χ2n) is 13.5. The van der Waals surface area contributed by atoms with Gasteiger partial charge in [0.15, 0.2) is 23.1 Å². The summed E-state index contributed by atoms with van der Waals surface area (Å²) in [6, 6.07) is 58.9. The molecule has 0 spiro atoms. The highest BCUT2D eigenvalue weighted by molar-refractivity contribution is 6.26. The number of fused-ring (bicyclic) bond motifs is 10. The molecule has 0 aliphatic carbocycles. The van der Waals surface area contributed by atoms with E-state index in [1.807, 2.05) is 66.7 Å². The number of rotatable bonds is 4. The van der Waals surface area contributed by atoms with Crippen LogP contribution in [0.4, 0.5) is 0 Å². The maximum Gasteiger partial charge on any atom is 0.227 e. The van der Waals surface area contributed by atoms with E-state index in [-0.39, 0.29) is 0 Å². The minimum Gasteiger partial charge on any atom is -0.435 e. The van der Waals surface area contributed by atoms with Crippen molar-refractivity contribution in [3.8, 4) is 45.6 Å². The van der Waals surface area contributed by atoms with Gasteiger partial charge in [0.25, 0.3) is 0 Å². The van der Waals surface area contributed by atoms with Crippen molar-refractivity contribution in [2.75, 3.05) is 0 Å². The predicted octanol–water partition coefficient (Wildman–Crippen LogP) is 12.4. The number of hydrogen-bond donors (Lipinski definition) is 0. The van der Waals surface area contributed by atoms with Gasteiger partial charge in [-0.15, -0.1) is 0 Å². The Bertz CT molecular complexity index is 3220. The van der Waals surface area contributed by atoms with Gasteiger partial charge >= 0.3 is 0 Å². The minimum atomic E-state index is 0.610. The van der Waals surface area contributed by atoms with Crippen LogP contribution in [0.3, 0.4) is 0 Å². The fourth-order valence-corrected chi connectivity index (χ4v) is 7.68. The van der Waals surface area contributed by atoms with Crippen molar-refractivity contribution in [2.45, 2.75) is 0 Å². The van der Waals surface area contributed by atoms with Gasteiger partial charge in [-0.05, 0) is 73.4 Å². The first-order chi connectivity index (χ1) is 26.2. The molecule has 0 atom stereocenters. The average molecular weight is 677 g/mol. The molecule has 0 bridgehead atoms. The number of oxazole rings is 1. The highest BCUT2D eigenvalue weighted by atomic mass is 16.3. The van der Waals surface area contributed by atoms with Gasteiger partial charge in [0, 0.05) is 33.0 Å². The van der Waals surface area contributed by atoms with Gasteiger partial charge in [-0.25, -0.2) is 19.9 Å². The largest absolute Gasteiger partial charge is 0.435 e. The Morgan fingerprint density at radius 1 is 0.321 bits per heavy atom. The van der Waals surface area contributed by atoms with Crippen molar-refractivity contribution in [1.82, 2.24) is 19.9 Å². The zero-order valence-electron chi connectivity index (χ0n) is 28.4. The molecule has 0 N–H and O–H groups in total. The average Bonchev–Trinajstić information content (AvgIpc) is 3.68. The van der Waals surface area contributed by atoms with E-state index in [1.54, 1.807) is 0 Å². The summed E-state index contributed by atoms with van der Waals surface area (Å²) in [5.74, 6) is 2.48. The van der Waals surface area contributed by atoms with Gasteiger partial charge < -0.3 is 4.42 Å². The molecule has 0 aliphatic rings. The van der Waals surface area contributed by atoms with E-state index in [1.165, 1.54) is 16.2 Å². The van der Waals surface area contributed by atoms with Crippen LogP contribution in [-0.2, 0) is 0 Å². The Balaban J connectivity index is 1.13. The second kappa shape index (κ2) is 11.7. The van der Waals surface area contributed by atoms with Crippen LogP contribution in [0.15, 0.2) is 174 Å². The molecule has 5 heteroatoms. The van der Waals surface area contributed by atoms with Crippen LogP contribution in [0.2, 0.25) is 0 Å². The fraction of sp³-hybridized carbons (Fsp3) is 0. The lowest BCUT2D eigenvalue weighted by molar-refractivity contribution is 0.623. The standard InChI is InChI=1S/C48H28N4O/c1-3-10-33(11-4-1)45-50-46(36-23-25-39-35(27-36)21-16-29-9-7-8-14-38(29)39)52-47(51-45)37-22-17-30-15-18-31-19-20-32-24-26-41-44(43(32)42(31)40(30)28-37)53-48(49-41)34-12-5-2-6-13-34/h1-28H. The van der Waals surface area contributed by atoms with Gasteiger partial charge in [-0.1, -0.05) is 140 Å². The molecule has 0 fully saturated rings. The molecule has 2 aromatic heterocycles. The third-order valence-electron chi connectivity index (χ3n) is 10.3. The first-order valence-corrected chi connectivity index (χ1v) is 17.7. The van der Waals surface area contributed by atoms with Crippen molar-refractivity contribution in [2.24, 2.45) is 0 Å². The molecule has 2 heterocycles. The fourth-order valence-electron chi connectivity index (χ4n) is 7.68. The van der Waals surface area contributed by atoms with Crippen LogP contribution in [0.1, 0.15) is 0 Å². The third kappa shape index (κ3) is 4.86. The lowest BCUT2D eigenvalue weighted by atomic mass is 9.94. The van der Waals surface area contributed by atoms with Crippen LogP contribution in [0.25, 0.3) is 111 Å². The zero-order chi connectivity index (χ0) is 34.9. The molecular formula is C48H28N4O. The van der Waals surface area contributed by atoms with Gasteiger partial charge in [0.1, 0.15) is 5.52 Å². The van der Waals surface area contributed by atoms with E-state index in [9.17, 15) is 0 Å². The molecule has 0 amide bonds. The van der Waals surface area contributed by atoms with E-state index in [4.69, 9.17) is 24.4 Å². The van der Waals surface area contributed by atoms with Gasteiger partial charge in [-0.3, -0.25) is 0 Å². The molecule has 246 valence electrons. The summed E-state index contributed by atoms with van der Waals surface area (Å²) in [6.45, 7) is 0. The van der Waals surface area contributed by atoms with Crippen molar-refractivity contribution in [3.05, 3.63) is 170 Å². The van der Waals surface area contributed by atoms with Gasteiger partial charge in [0.05, 0.1) is 0 Å². The Morgan fingerprint density at radius 3 is 1.62 bits per heavy atom. The molecule has 0 saturated carbocycles. The van der Waals surface area contributed by atoms with E-state index in [0.29, 0.717) is 23.4 Å². The molecule has 0 unspecified atom stereocenters. The molecule has 5 nitrogen and oxygen atoms in total. The van der Waals surface area contributed by atoms with E-state index in [2.05, 4.69) is 103 Å². The molecule has 11 rings (SSSR count). The van der Waals surface area contributed by atoms with Crippen LogP contribution in [-0.4, -0.2) is 19.9 Å². The second-order valence-corrected chi connectivity index (χ2v) is 13.5. The lowest BCUT2D eigenvalue weighted by Crippen LogP contribution is -2.00. The number of benzene rings is 9. The van der Waals surface area contributed by atoms with E-state index < -0.39 is 0 Å². The summed E-state index contributed by atoms with van der Waals surface area (Å²) in [6.07, 6.45) is 0. The summed E-state index contributed by atoms with van der Waals surface area (Å²) in [5, 5.41) is 11.4. The maximum absolute atomic E-state index is 6.58. The first-order valence-electron chi connectivity index (χ1n) is 17.7. The molecule has 0 aliphatic heterocycles. The van der Waals surface area contributed by atoms with Crippen LogP contribution in [0.5, 0.6) is 0 Å². The minimum absolute atomic E-state index is 0.610.